The van der Waals surface area contributed by atoms with Crippen LogP contribution in [0.15, 0.2) is 33.9 Å². The molecule has 0 fully saturated rings. The Labute approximate surface area is 112 Å². The number of aromatic nitrogens is 2. The van der Waals surface area contributed by atoms with Crippen molar-refractivity contribution in [1.82, 2.24) is 9.97 Å². The van der Waals surface area contributed by atoms with E-state index in [9.17, 15) is 12.8 Å². The van der Waals surface area contributed by atoms with Gasteiger partial charge in [-0.3, -0.25) is 4.72 Å². The Morgan fingerprint density at radius 3 is 2.78 bits per heavy atom. The molecule has 0 aliphatic rings. The van der Waals surface area contributed by atoms with Crippen LogP contribution in [-0.2, 0) is 10.0 Å². The summed E-state index contributed by atoms with van der Waals surface area (Å²) in [6.07, 6.45) is 1.20. The van der Waals surface area contributed by atoms with Crippen LogP contribution in [-0.4, -0.2) is 18.4 Å². The minimum absolute atomic E-state index is 0.0730. The number of sulfonamides is 1. The lowest BCUT2D eigenvalue weighted by molar-refractivity contribution is 0.598. The summed E-state index contributed by atoms with van der Waals surface area (Å²) >= 11 is 3.14. The third-order valence-corrected chi connectivity index (χ3v) is 4.11. The molecule has 0 radical (unpaired) electrons. The molecule has 2 N–H and O–H groups in total. The normalized spacial score (nSPS) is 11.5. The lowest BCUT2D eigenvalue weighted by atomic mass is 10.3. The third kappa shape index (κ3) is 2.70. The molecule has 2 aromatic rings. The standard InChI is InChI=1S/C10H9BrFN3O2S/c1-6-13-5-10(14-6)18(16,17)15-9-4-7(12)2-3-8(9)11/h2-5,15H,1H3,(H,13,14). The maximum absolute atomic E-state index is 13.1. The lowest BCUT2D eigenvalue weighted by Gasteiger charge is -2.08. The van der Waals surface area contributed by atoms with Gasteiger partial charge in [-0.05, 0) is 41.1 Å². The van der Waals surface area contributed by atoms with Crippen molar-refractivity contribution in [2.75, 3.05) is 4.72 Å². The van der Waals surface area contributed by atoms with E-state index < -0.39 is 15.8 Å². The van der Waals surface area contributed by atoms with Gasteiger partial charge in [-0.1, -0.05) is 0 Å². The summed E-state index contributed by atoms with van der Waals surface area (Å²) in [5.41, 5.74) is 0.127. The summed E-state index contributed by atoms with van der Waals surface area (Å²) < 4.78 is 39.7. The smallest absolute Gasteiger partial charge is 0.279 e. The third-order valence-electron chi connectivity index (χ3n) is 2.14. The number of benzene rings is 1. The molecule has 18 heavy (non-hydrogen) atoms. The average Bonchev–Trinajstić information content (AvgIpc) is 2.71. The quantitative estimate of drug-likeness (QED) is 0.905. The molecule has 0 saturated carbocycles. The number of halogens is 2. The van der Waals surface area contributed by atoms with Crippen molar-refractivity contribution in [3.63, 3.8) is 0 Å². The van der Waals surface area contributed by atoms with E-state index in [1.54, 1.807) is 6.92 Å². The molecule has 0 unspecified atom stereocenters. The Morgan fingerprint density at radius 1 is 1.44 bits per heavy atom. The number of anilines is 1. The highest BCUT2D eigenvalue weighted by Gasteiger charge is 2.18. The Kier molecular flexibility index (Phi) is 3.40. The number of nitrogens with zero attached hydrogens (tertiary/aromatic N) is 1. The van der Waals surface area contributed by atoms with Crippen LogP contribution in [0.4, 0.5) is 10.1 Å². The number of H-pyrrole nitrogens is 1. The Balaban J connectivity index is 2.36. The number of rotatable bonds is 3. The zero-order valence-corrected chi connectivity index (χ0v) is 11.6. The van der Waals surface area contributed by atoms with Gasteiger partial charge in [-0.2, -0.15) is 8.42 Å². The number of imidazole rings is 1. The SMILES string of the molecule is Cc1ncc(S(=O)(=O)Nc2cc(F)ccc2Br)[nH]1. The van der Waals surface area contributed by atoms with Crippen molar-refractivity contribution < 1.29 is 12.8 Å². The van der Waals surface area contributed by atoms with Crippen molar-refractivity contribution in [3.05, 3.63) is 40.5 Å². The molecule has 0 amide bonds. The first-order chi connectivity index (χ1) is 8.38. The van der Waals surface area contributed by atoms with Gasteiger partial charge < -0.3 is 4.98 Å². The van der Waals surface area contributed by atoms with Gasteiger partial charge in [0.05, 0.1) is 11.9 Å². The highest BCUT2D eigenvalue weighted by Crippen LogP contribution is 2.25. The minimum atomic E-state index is -3.80. The maximum Gasteiger partial charge on any atom is 0.279 e. The molecule has 0 aliphatic heterocycles. The summed E-state index contributed by atoms with van der Waals surface area (Å²) in [5.74, 6) is -0.0506. The largest absolute Gasteiger partial charge is 0.332 e. The van der Waals surface area contributed by atoms with Crippen molar-refractivity contribution in [3.8, 4) is 0 Å². The fourth-order valence-corrected chi connectivity index (χ4v) is 2.83. The van der Waals surface area contributed by atoms with Gasteiger partial charge in [0, 0.05) is 4.47 Å². The molecule has 8 heteroatoms. The van der Waals surface area contributed by atoms with Crippen LogP contribution < -0.4 is 4.72 Å². The van der Waals surface area contributed by atoms with Crippen LogP contribution in [0.2, 0.25) is 0 Å². The van der Waals surface area contributed by atoms with Gasteiger partial charge in [0.1, 0.15) is 11.6 Å². The van der Waals surface area contributed by atoms with E-state index >= 15 is 0 Å². The number of hydrogen-bond acceptors (Lipinski definition) is 3. The van der Waals surface area contributed by atoms with Gasteiger partial charge in [0.25, 0.3) is 10.0 Å². The van der Waals surface area contributed by atoms with E-state index in [0.717, 1.165) is 6.07 Å². The van der Waals surface area contributed by atoms with Crippen LogP contribution in [0.3, 0.4) is 0 Å². The Morgan fingerprint density at radius 2 is 2.17 bits per heavy atom. The molecule has 0 spiro atoms. The molecule has 2 rings (SSSR count). The summed E-state index contributed by atoms with van der Waals surface area (Å²) in [6, 6.07) is 3.73. The predicted octanol–water partition coefficient (Wildman–Crippen LogP) is 2.42. The van der Waals surface area contributed by atoms with Crippen molar-refractivity contribution in [1.29, 1.82) is 0 Å². The van der Waals surface area contributed by atoms with Crippen LogP contribution in [0.25, 0.3) is 0 Å². The summed E-state index contributed by atoms with van der Waals surface area (Å²) in [4.78, 5) is 6.40. The van der Waals surface area contributed by atoms with Crippen LogP contribution in [0.1, 0.15) is 5.82 Å². The predicted molar refractivity (Wildman–Crippen MR) is 68.2 cm³/mol. The molecule has 0 aliphatic carbocycles. The molecule has 0 atom stereocenters. The molecular formula is C10H9BrFN3O2S. The van der Waals surface area contributed by atoms with Crippen molar-refractivity contribution >= 4 is 31.6 Å². The first-order valence-electron chi connectivity index (χ1n) is 4.88. The molecule has 96 valence electrons. The van der Waals surface area contributed by atoms with Crippen molar-refractivity contribution in [2.24, 2.45) is 0 Å². The number of hydrogen-bond donors (Lipinski definition) is 2. The van der Waals surface area contributed by atoms with E-state index in [4.69, 9.17) is 0 Å². The van der Waals surface area contributed by atoms with Gasteiger partial charge in [0.2, 0.25) is 0 Å². The van der Waals surface area contributed by atoms with Gasteiger partial charge in [0.15, 0.2) is 5.03 Å². The average molecular weight is 334 g/mol. The first-order valence-corrected chi connectivity index (χ1v) is 7.15. The first kappa shape index (κ1) is 13.0. The fraction of sp³-hybridized carbons (Fsp3) is 0.100. The van der Waals surface area contributed by atoms with E-state index in [2.05, 4.69) is 30.6 Å². The van der Waals surface area contributed by atoms with Gasteiger partial charge in [-0.25, -0.2) is 9.37 Å². The van der Waals surface area contributed by atoms with Crippen LogP contribution >= 0.6 is 15.9 Å². The number of nitrogens with one attached hydrogen (secondary N) is 2. The fourth-order valence-electron chi connectivity index (χ4n) is 1.31. The van der Waals surface area contributed by atoms with Gasteiger partial charge >= 0.3 is 0 Å². The second-order valence-electron chi connectivity index (χ2n) is 3.56. The summed E-state index contributed by atoms with van der Waals surface area (Å²) in [6.45, 7) is 1.64. The van der Waals surface area contributed by atoms with E-state index in [0.29, 0.717) is 10.3 Å². The number of aryl methyl sites for hydroxylation is 1. The molecule has 0 bridgehead atoms. The molecule has 0 saturated heterocycles. The molecule has 1 aromatic carbocycles. The molecule has 1 heterocycles. The van der Waals surface area contributed by atoms with Gasteiger partial charge in [-0.15, -0.1) is 0 Å². The topological polar surface area (TPSA) is 74.8 Å². The zero-order valence-electron chi connectivity index (χ0n) is 9.24. The van der Waals surface area contributed by atoms with Crippen LogP contribution in [0, 0.1) is 12.7 Å². The minimum Gasteiger partial charge on any atom is -0.332 e. The van der Waals surface area contributed by atoms with E-state index in [1.165, 1.54) is 18.3 Å². The Hall–Kier alpha value is -1.41. The monoisotopic (exact) mass is 333 g/mol. The Bertz CT molecular complexity index is 684. The lowest BCUT2D eigenvalue weighted by Crippen LogP contribution is -2.14. The highest BCUT2D eigenvalue weighted by molar-refractivity contribution is 9.10. The second kappa shape index (κ2) is 4.69. The van der Waals surface area contributed by atoms with E-state index in [1.807, 2.05) is 0 Å². The highest BCUT2D eigenvalue weighted by atomic mass is 79.9. The van der Waals surface area contributed by atoms with Crippen LogP contribution in [0.5, 0.6) is 0 Å². The van der Waals surface area contributed by atoms with E-state index in [-0.39, 0.29) is 10.7 Å². The number of aromatic amines is 1. The maximum atomic E-state index is 13.1. The van der Waals surface area contributed by atoms with Crippen molar-refractivity contribution in [2.45, 2.75) is 11.9 Å². The zero-order chi connectivity index (χ0) is 13.3. The molecule has 1 aromatic heterocycles. The summed E-state index contributed by atoms with van der Waals surface area (Å²) in [5, 5.41) is -0.0730. The molecule has 5 nitrogen and oxygen atoms in total. The second-order valence-corrected chi connectivity index (χ2v) is 6.07. The summed E-state index contributed by atoms with van der Waals surface area (Å²) in [7, 11) is -3.80. The molecular weight excluding hydrogens is 325 g/mol.